The predicted octanol–water partition coefficient (Wildman–Crippen LogP) is 3.51. The quantitative estimate of drug-likeness (QED) is 0.492. The number of rotatable bonds is 9. The standard InChI is InChI=1S/C18H30NO3S.C3H9N/c1-4-19(3,5-2)12-13-22-17(20)18(21,15-9-6-7-10-15)16-11-8-14-23-16;1-2-3-4/h8,11,14-15,21H,4-7,9-10,12-13H2,1-3H3;2-4H2,1H3/q+1;. The van der Waals surface area contributed by atoms with Gasteiger partial charge in [-0.1, -0.05) is 25.8 Å². The van der Waals surface area contributed by atoms with Crippen molar-refractivity contribution in [3.8, 4) is 0 Å². The molecule has 0 spiro atoms. The lowest BCUT2D eigenvalue weighted by Crippen LogP contribution is -2.48. The van der Waals surface area contributed by atoms with Crippen molar-refractivity contribution in [1.82, 2.24) is 0 Å². The molecule has 1 atom stereocenters. The number of hydrogen-bond acceptors (Lipinski definition) is 5. The molecule has 1 aromatic heterocycles. The number of carbonyl (C=O) groups excluding carboxylic acids is 1. The van der Waals surface area contributed by atoms with E-state index in [2.05, 4.69) is 27.8 Å². The minimum absolute atomic E-state index is 0.0214. The number of esters is 1. The summed E-state index contributed by atoms with van der Waals surface area (Å²) in [6.07, 6.45) is 5.03. The van der Waals surface area contributed by atoms with Crippen LogP contribution in [0.2, 0.25) is 0 Å². The molecule has 0 aromatic carbocycles. The van der Waals surface area contributed by atoms with Gasteiger partial charge < -0.3 is 20.1 Å². The molecule has 0 saturated heterocycles. The van der Waals surface area contributed by atoms with E-state index in [-0.39, 0.29) is 5.92 Å². The Balaban J connectivity index is 0.000000828. The second-order valence-electron chi connectivity index (χ2n) is 7.63. The number of carbonyl (C=O) groups is 1. The predicted molar refractivity (Wildman–Crippen MR) is 113 cm³/mol. The lowest BCUT2D eigenvalue weighted by atomic mass is 9.84. The Morgan fingerprint density at radius 3 is 2.37 bits per heavy atom. The van der Waals surface area contributed by atoms with Crippen LogP contribution in [0.4, 0.5) is 0 Å². The maximum absolute atomic E-state index is 12.7. The fourth-order valence-electron chi connectivity index (χ4n) is 3.32. The summed E-state index contributed by atoms with van der Waals surface area (Å²) in [4.78, 5) is 13.5. The van der Waals surface area contributed by atoms with Crippen molar-refractivity contribution in [3.05, 3.63) is 22.4 Å². The molecule has 1 aliphatic carbocycles. The first kappa shape index (κ1) is 24.1. The SMILES string of the molecule is CCCN.CC[N+](C)(CC)CCOC(=O)C(O)(c1cccs1)C1CCCC1. The maximum Gasteiger partial charge on any atom is 0.344 e. The fourth-order valence-corrected chi connectivity index (χ4v) is 4.21. The smallest absolute Gasteiger partial charge is 0.344 e. The molecule has 27 heavy (non-hydrogen) atoms. The first-order chi connectivity index (χ1) is 12.9. The highest BCUT2D eigenvalue weighted by Crippen LogP contribution is 2.43. The van der Waals surface area contributed by atoms with E-state index in [1.165, 1.54) is 11.3 Å². The van der Waals surface area contributed by atoms with E-state index in [0.717, 1.165) is 67.6 Å². The monoisotopic (exact) mass is 399 g/mol. The average molecular weight is 400 g/mol. The molecule has 0 bridgehead atoms. The van der Waals surface area contributed by atoms with Crippen LogP contribution >= 0.6 is 11.3 Å². The Morgan fingerprint density at radius 2 is 1.93 bits per heavy atom. The molecule has 1 unspecified atom stereocenters. The van der Waals surface area contributed by atoms with Crippen molar-refractivity contribution in [2.75, 3.05) is 39.8 Å². The fraction of sp³-hybridized carbons (Fsp3) is 0.762. The summed E-state index contributed by atoms with van der Waals surface area (Å²) in [7, 11) is 2.16. The topological polar surface area (TPSA) is 72.5 Å². The first-order valence-electron chi connectivity index (χ1n) is 10.3. The van der Waals surface area contributed by atoms with Crippen LogP contribution in [-0.2, 0) is 15.1 Å². The molecule has 5 nitrogen and oxygen atoms in total. The molecule has 0 aliphatic heterocycles. The molecular formula is C21H39N2O3S+. The Bertz CT molecular complexity index is 524. The third-order valence-electron chi connectivity index (χ3n) is 5.83. The molecule has 0 radical (unpaired) electrons. The van der Waals surface area contributed by atoms with Crippen LogP contribution in [0, 0.1) is 5.92 Å². The van der Waals surface area contributed by atoms with Crippen LogP contribution in [0.3, 0.4) is 0 Å². The number of nitrogens with two attached hydrogens (primary N) is 1. The van der Waals surface area contributed by atoms with Gasteiger partial charge in [0.15, 0.2) is 5.60 Å². The Labute approximate surface area is 169 Å². The highest BCUT2D eigenvalue weighted by molar-refractivity contribution is 7.10. The van der Waals surface area contributed by atoms with E-state index in [4.69, 9.17) is 10.5 Å². The molecule has 0 amide bonds. The van der Waals surface area contributed by atoms with Gasteiger partial charge in [-0.05, 0) is 51.1 Å². The van der Waals surface area contributed by atoms with Crippen molar-refractivity contribution < 1.29 is 19.1 Å². The molecule has 1 aromatic rings. The van der Waals surface area contributed by atoms with Gasteiger partial charge in [-0.2, -0.15) is 0 Å². The third-order valence-corrected chi connectivity index (χ3v) is 6.83. The number of aliphatic hydroxyl groups is 1. The molecule has 2 rings (SSSR count). The van der Waals surface area contributed by atoms with Crippen LogP contribution in [0.1, 0.15) is 57.8 Å². The number of nitrogens with zero attached hydrogens (tertiary/aromatic N) is 1. The van der Waals surface area contributed by atoms with Crippen LogP contribution in [0.15, 0.2) is 17.5 Å². The Morgan fingerprint density at radius 1 is 1.33 bits per heavy atom. The molecule has 3 N–H and O–H groups in total. The summed E-state index contributed by atoms with van der Waals surface area (Å²) in [6.45, 7) is 10.3. The van der Waals surface area contributed by atoms with Gasteiger partial charge in [0.2, 0.25) is 0 Å². The van der Waals surface area contributed by atoms with E-state index in [1.54, 1.807) is 0 Å². The number of likely N-dealkylation sites (N-methyl/N-ethyl adjacent to an activating group) is 1. The van der Waals surface area contributed by atoms with Gasteiger partial charge >= 0.3 is 5.97 Å². The average Bonchev–Trinajstić information content (AvgIpc) is 3.41. The van der Waals surface area contributed by atoms with E-state index in [1.807, 2.05) is 17.5 Å². The summed E-state index contributed by atoms with van der Waals surface area (Å²) >= 11 is 1.44. The number of thiophene rings is 1. The zero-order chi connectivity index (χ0) is 20.3. The minimum atomic E-state index is -1.47. The molecule has 6 heteroatoms. The number of quaternary nitrogens is 1. The van der Waals surface area contributed by atoms with Crippen molar-refractivity contribution in [1.29, 1.82) is 0 Å². The van der Waals surface area contributed by atoms with Crippen molar-refractivity contribution in [2.45, 2.75) is 58.5 Å². The van der Waals surface area contributed by atoms with Crippen LogP contribution in [0.5, 0.6) is 0 Å². The van der Waals surface area contributed by atoms with Crippen LogP contribution in [0.25, 0.3) is 0 Å². The van der Waals surface area contributed by atoms with E-state index >= 15 is 0 Å². The largest absolute Gasteiger partial charge is 0.457 e. The first-order valence-corrected chi connectivity index (χ1v) is 11.2. The van der Waals surface area contributed by atoms with E-state index in [9.17, 15) is 9.90 Å². The highest BCUT2D eigenvalue weighted by Gasteiger charge is 2.48. The van der Waals surface area contributed by atoms with Gasteiger partial charge in [0, 0.05) is 10.8 Å². The summed E-state index contributed by atoms with van der Waals surface area (Å²) in [5, 5.41) is 13.1. The van der Waals surface area contributed by atoms with Gasteiger partial charge in [-0.15, -0.1) is 11.3 Å². The van der Waals surface area contributed by atoms with Gasteiger partial charge in [-0.3, -0.25) is 0 Å². The third kappa shape index (κ3) is 6.56. The van der Waals surface area contributed by atoms with Gasteiger partial charge in [0.1, 0.15) is 13.2 Å². The molecular weight excluding hydrogens is 360 g/mol. The second-order valence-corrected chi connectivity index (χ2v) is 8.57. The molecule has 1 aliphatic rings. The summed E-state index contributed by atoms with van der Waals surface area (Å²) < 4.78 is 6.41. The van der Waals surface area contributed by atoms with Gasteiger partial charge in [-0.25, -0.2) is 4.79 Å². The van der Waals surface area contributed by atoms with Crippen molar-refractivity contribution in [2.24, 2.45) is 11.7 Å². The summed E-state index contributed by atoms with van der Waals surface area (Å²) in [6, 6.07) is 3.73. The lowest BCUT2D eigenvalue weighted by molar-refractivity contribution is -0.906. The second kappa shape index (κ2) is 11.8. The van der Waals surface area contributed by atoms with Gasteiger partial charge in [0.05, 0.1) is 20.1 Å². The van der Waals surface area contributed by atoms with Crippen molar-refractivity contribution >= 4 is 17.3 Å². The summed E-state index contributed by atoms with van der Waals surface area (Å²) in [5.74, 6) is -0.488. The minimum Gasteiger partial charge on any atom is -0.457 e. The lowest BCUT2D eigenvalue weighted by Gasteiger charge is -2.33. The summed E-state index contributed by atoms with van der Waals surface area (Å²) in [5.41, 5.74) is 3.56. The van der Waals surface area contributed by atoms with Crippen molar-refractivity contribution in [3.63, 3.8) is 0 Å². The highest BCUT2D eigenvalue weighted by atomic mass is 32.1. The normalized spacial score (nSPS) is 17.1. The number of hydrogen-bond donors (Lipinski definition) is 2. The number of ether oxygens (including phenoxy) is 1. The van der Waals surface area contributed by atoms with Crippen LogP contribution in [-0.4, -0.2) is 55.4 Å². The maximum atomic E-state index is 12.7. The molecule has 1 fully saturated rings. The Hall–Kier alpha value is -0.950. The van der Waals surface area contributed by atoms with E-state index < -0.39 is 11.6 Å². The van der Waals surface area contributed by atoms with Crippen LogP contribution < -0.4 is 5.73 Å². The molecule has 1 saturated carbocycles. The van der Waals surface area contributed by atoms with E-state index in [0.29, 0.717) is 6.61 Å². The van der Waals surface area contributed by atoms with Gasteiger partial charge in [0.25, 0.3) is 0 Å². The zero-order valence-corrected chi connectivity index (χ0v) is 18.4. The molecule has 156 valence electrons. The Kier molecular flexibility index (Phi) is 10.5. The zero-order valence-electron chi connectivity index (χ0n) is 17.6. The molecule has 1 heterocycles.